The normalized spacial score (nSPS) is 24.6. The molecular formula is C24H44O4. The first-order valence-corrected chi connectivity index (χ1v) is 11.8. The summed E-state index contributed by atoms with van der Waals surface area (Å²) < 4.78 is 0. The Hall–Kier alpha value is -0.870. The second-order valence-electron chi connectivity index (χ2n) is 8.71. The maximum absolute atomic E-state index is 11.1. The van der Waals surface area contributed by atoms with Gasteiger partial charge in [-0.05, 0) is 50.4 Å². The average Bonchev–Trinajstić information content (AvgIpc) is 3.02. The van der Waals surface area contributed by atoms with Gasteiger partial charge in [-0.2, -0.15) is 0 Å². The first-order chi connectivity index (χ1) is 13.5. The van der Waals surface area contributed by atoms with Crippen LogP contribution in [-0.4, -0.2) is 33.5 Å². The summed E-state index contributed by atoms with van der Waals surface area (Å²) in [6.45, 7) is 4.15. The molecule has 28 heavy (non-hydrogen) atoms. The highest BCUT2D eigenvalue weighted by atomic mass is 16.4. The lowest BCUT2D eigenvalue weighted by Gasteiger charge is -2.20. The third-order valence-electron chi connectivity index (χ3n) is 6.46. The van der Waals surface area contributed by atoms with E-state index in [2.05, 4.69) is 13.0 Å². The smallest absolute Gasteiger partial charge is 0.306 e. The van der Waals surface area contributed by atoms with Gasteiger partial charge < -0.3 is 15.3 Å². The van der Waals surface area contributed by atoms with Crippen LogP contribution in [0.2, 0.25) is 0 Å². The predicted molar refractivity (Wildman–Crippen MR) is 115 cm³/mol. The van der Waals surface area contributed by atoms with E-state index in [1.807, 2.05) is 13.0 Å². The molecule has 0 amide bonds. The van der Waals surface area contributed by atoms with E-state index in [0.29, 0.717) is 12.3 Å². The van der Waals surface area contributed by atoms with Gasteiger partial charge in [0.2, 0.25) is 0 Å². The van der Waals surface area contributed by atoms with Crippen LogP contribution in [0.25, 0.3) is 0 Å². The van der Waals surface area contributed by atoms with Crippen molar-refractivity contribution in [3.8, 4) is 0 Å². The molecule has 0 aromatic carbocycles. The Kier molecular flexibility index (Phi) is 13.5. The van der Waals surface area contributed by atoms with Crippen LogP contribution >= 0.6 is 0 Å². The second kappa shape index (κ2) is 15.0. The number of unbranched alkanes of at least 4 members (excludes halogenated alkanes) is 6. The van der Waals surface area contributed by atoms with Gasteiger partial charge in [0.05, 0.1) is 18.1 Å². The second-order valence-corrected chi connectivity index (χ2v) is 8.71. The molecule has 1 fully saturated rings. The van der Waals surface area contributed by atoms with Crippen molar-refractivity contribution < 1.29 is 20.1 Å². The standard InChI is InChI=1S/C24H44O4/c1-3-5-6-7-10-13-21(25)17-15-20-16-18-23(26)22(20)14-11-8-9-12-19(4-2)24(27)28/h15,17,19-23,25-26H,3-14,16,18H2,1-2H3,(H,27,28)/t19?,20-,21?,22+,23-/m0/s1. The van der Waals surface area contributed by atoms with Crippen LogP contribution in [0.4, 0.5) is 0 Å². The third-order valence-corrected chi connectivity index (χ3v) is 6.46. The van der Waals surface area contributed by atoms with Crippen molar-refractivity contribution in [2.75, 3.05) is 0 Å². The molecule has 0 heterocycles. The summed E-state index contributed by atoms with van der Waals surface area (Å²) in [4.78, 5) is 11.1. The number of carboxylic acid groups (broad SMARTS) is 1. The Balaban J connectivity index is 2.27. The number of hydrogen-bond acceptors (Lipinski definition) is 3. The number of allylic oxidation sites excluding steroid dienone is 1. The molecule has 4 heteroatoms. The van der Waals surface area contributed by atoms with Crippen molar-refractivity contribution in [2.45, 2.75) is 116 Å². The minimum Gasteiger partial charge on any atom is -0.481 e. The number of carbonyl (C=O) groups is 1. The van der Waals surface area contributed by atoms with Crippen LogP contribution in [-0.2, 0) is 4.79 Å². The molecule has 0 spiro atoms. The molecule has 164 valence electrons. The minimum atomic E-state index is -0.678. The van der Waals surface area contributed by atoms with Crippen molar-refractivity contribution in [1.82, 2.24) is 0 Å². The van der Waals surface area contributed by atoms with Gasteiger partial charge in [0.15, 0.2) is 0 Å². The zero-order valence-corrected chi connectivity index (χ0v) is 18.2. The third kappa shape index (κ3) is 10.1. The molecule has 5 atom stereocenters. The van der Waals surface area contributed by atoms with E-state index < -0.39 is 5.97 Å². The topological polar surface area (TPSA) is 77.8 Å². The fourth-order valence-electron chi connectivity index (χ4n) is 4.50. The van der Waals surface area contributed by atoms with Crippen molar-refractivity contribution in [2.24, 2.45) is 17.8 Å². The summed E-state index contributed by atoms with van der Waals surface area (Å²) in [5.41, 5.74) is 0. The van der Waals surface area contributed by atoms with Crippen LogP contribution in [0.5, 0.6) is 0 Å². The quantitative estimate of drug-likeness (QED) is 0.230. The van der Waals surface area contributed by atoms with Crippen LogP contribution in [0.3, 0.4) is 0 Å². The van der Waals surface area contributed by atoms with Gasteiger partial charge in [-0.25, -0.2) is 0 Å². The number of aliphatic carboxylic acids is 1. The largest absolute Gasteiger partial charge is 0.481 e. The lowest BCUT2D eigenvalue weighted by Crippen LogP contribution is -2.18. The van der Waals surface area contributed by atoms with Crippen LogP contribution in [0.15, 0.2) is 12.2 Å². The Bertz CT molecular complexity index is 434. The van der Waals surface area contributed by atoms with Gasteiger partial charge in [0.1, 0.15) is 0 Å². The summed E-state index contributed by atoms with van der Waals surface area (Å²) in [6.07, 6.45) is 17.7. The molecule has 0 aromatic rings. The SMILES string of the molecule is CCCCCCCC(O)C=C[C@H]1CC[C@H](O)[C@@H]1CCCCCC(CC)C(=O)O. The zero-order valence-electron chi connectivity index (χ0n) is 18.2. The van der Waals surface area contributed by atoms with Crippen LogP contribution in [0, 0.1) is 17.8 Å². The van der Waals surface area contributed by atoms with E-state index in [1.165, 1.54) is 25.7 Å². The summed E-state index contributed by atoms with van der Waals surface area (Å²) in [6, 6.07) is 0. The number of hydrogen-bond donors (Lipinski definition) is 3. The molecule has 0 aromatic heterocycles. The molecule has 0 radical (unpaired) electrons. The predicted octanol–water partition coefficient (Wildman–Crippen LogP) is 5.71. The summed E-state index contributed by atoms with van der Waals surface area (Å²) in [7, 11) is 0. The number of carboxylic acids is 1. The number of aliphatic hydroxyl groups is 2. The Morgan fingerprint density at radius 3 is 2.36 bits per heavy atom. The van der Waals surface area contributed by atoms with E-state index in [4.69, 9.17) is 5.11 Å². The monoisotopic (exact) mass is 396 g/mol. The number of rotatable bonds is 16. The molecule has 1 saturated carbocycles. The average molecular weight is 397 g/mol. The van der Waals surface area contributed by atoms with Gasteiger partial charge >= 0.3 is 5.97 Å². The van der Waals surface area contributed by atoms with E-state index in [1.54, 1.807) is 0 Å². The number of aliphatic hydroxyl groups excluding tert-OH is 2. The Labute approximate surface area is 172 Å². The molecule has 3 N–H and O–H groups in total. The molecule has 0 bridgehead atoms. The lowest BCUT2D eigenvalue weighted by atomic mass is 9.88. The van der Waals surface area contributed by atoms with Crippen LogP contribution < -0.4 is 0 Å². The highest BCUT2D eigenvalue weighted by molar-refractivity contribution is 5.69. The first kappa shape index (κ1) is 25.2. The maximum Gasteiger partial charge on any atom is 0.306 e. The van der Waals surface area contributed by atoms with E-state index in [0.717, 1.165) is 57.8 Å². The van der Waals surface area contributed by atoms with Gasteiger partial charge in [0, 0.05) is 0 Å². The maximum atomic E-state index is 11.1. The Morgan fingerprint density at radius 2 is 1.68 bits per heavy atom. The van der Waals surface area contributed by atoms with Gasteiger partial charge in [0.25, 0.3) is 0 Å². The van der Waals surface area contributed by atoms with Crippen LogP contribution in [0.1, 0.15) is 104 Å². The van der Waals surface area contributed by atoms with Gasteiger partial charge in [-0.15, -0.1) is 0 Å². The van der Waals surface area contributed by atoms with Crippen molar-refractivity contribution in [3.05, 3.63) is 12.2 Å². The summed E-state index contributed by atoms with van der Waals surface area (Å²) in [5.74, 6) is -0.236. The van der Waals surface area contributed by atoms with Crippen molar-refractivity contribution >= 4 is 5.97 Å². The van der Waals surface area contributed by atoms with E-state index >= 15 is 0 Å². The van der Waals surface area contributed by atoms with Gasteiger partial charge in [-0.1, -0.05) is 77.4 Å². The molecule has 2 unspecified atom stereocenters. The highest BCUT2D eigenvalue weighted by Crippen LogP contribution is 2.37. The molecule has 4 nitrogen and oxygen atoms in total. The fourth-order valence-corrected chi connectivity index (χ4v) is 4.50. The molecule has 0 aliphatic heterocycles. The fraction of sp³-hybridized carbons (Fsp3) is 0.875. The molecule has 0 saturated heterocycles. The van der Waals surface area contributed by atoms with Gasteiger partial charge in [-0.3, -0.25) is 4.79 Å². The minimum absolute atomic E-state index is 0.212. The van der Waals surface area contributed by atoms with Crippen molar-refractivity contribution in [3.63, 3.8) is 0 Å². The molecule has 1 rings (SSSR count). The molecule has 1 aliphatic rings. The summed E-state index contributed by atoms with van der Waals surface area (Å²) in [5, 5.41) is 29.6. The molecular weight excluding hydrogens is 352 g/mol. The molecule has 1 aliphatic carbocycles. The lowest BCUT2D eigenvalue weighted by molar-refractivity contribution is -0.142. The zero-order chi connectivity index (χ0) is 20.8. The summed E-state index contributed by atoms with van der Waals surface area (Å²) >= 11 is 0. The van der Waals surface area contributed by atoms with E-state index in [-0.39, 0.29) is 24.0 Å². The first-order valence-electron chi connectivity index (χ1n) is 11.8. The van der Waals surface area contributed by atoms with E-state index in [9.17, 15) is 15.0 Å². The highest BCUT2D eigenvalue weighted by Gasteiger charge is 2.32. The van der Waals surface area contributed by atoms with Crippen molar-refractivity contribution in [1.29, 1.82) is 0 Å². The Morgan fingerprint density at radius 1 is 1.00 bits per heavy atom.